The molecule has 0 saturated heterocycles. The van der Waals surface area contributed by atoms with E-state index in [9.17, 15) is 70.5 Å². The van der Waals surface area contributed by atoms with Gasteiger partial charge in [0.2, 0.25) is 32.6 Å². The minimum absolute atomic E-state index is 0. The number of aromatic hydroxyl groups is 5. The summed E-state index contributed by atoms with van der Waals surface area (Å²) in [5.74, 6) is 0.111. The van der Waals surface area contributed by atoms with Gasteiger partial charge in [-0.05, 0) is 172 Å². The number of halogens is 3. The summed E-state index contributed by atoms with van der Waals surface area (Å²) in [7, 11) is -5.85. The Labute approximate surface area is 624 Å². The quantitative estimate of drug-likeness (QED) is 0.0219. The van der Waals surface area contributed by atoms with Crippen LogP contribution in [0.3, 0.4) is 0 Å². The Kier molecular flexibility index (Phi) is 51.4. The van der Waals surface area contributed by atoms with Crippen molar-refractivity contribution in [3.63, 3.8) is 0 Å². The first-order valence-electron chi connectivity index (χ1n) is 30.8. The molecular weight excluding hydrogens is 1490 g/mol. The van der Waals surface area contributed by atoms with Crippen LogP contribution in [0, 0.1) is 37.3 Å². The molecule has 8 N–H and O–H groups in total. The molecule has 0 atom stereocenters. The van der Waals surface area contributed by atoms with Gasteiger partial charge in [-0.2, -0.15) is 21.6 Å². The number of hydrogen-bond acceptors (Lipinski definition) is 21. The van der Waals surface area contributed by atoms with Crippen molar-refractivity contribution >= 4 is 10.1 Å². The molecule has 578 valence electrons. The van der Waals surface area contributed by atoms with E-state index < -0.39 is 42.1 Å². The molecule has 0 aliphatic rings. The Bertz CT molecular complexity index is 4080. The van der Waals surface area contributed by atoms with Gasteiger partial charge in [-0.1, -0.05) is 188 Å². The van der Waals surface area contributed by atoms with Crippen LogP contribution >= 0.6 is 0 Å². The zero-order valence-corrected chi connectivity index (χ0v) is 62.9. The maximum absolute atomic E-state index is 12.2. The third-order valence-electron chi connectivity index (χ3n) is 13.0. The SMILES string of the molecule is CC(C)c1cccc(=O)c(O)c1.CC(C)c1cccc(=O)c(O)c1.CC(C)c1cccc(=O)c(O)c1.CC(C)c1cccc(=O)c(OS(=O)(=O)C(F)(F)F)c1.CC(C)c1cccc(O)c(=O)c1.CC(C)c1cccc(O)c(=O)c1.Cc1cccc(C(C)C)cc1=O.O=[N+]([O-])O.O=[N+]([O-])O.O=[N+]([O-])O.[Fe].[Fe]. The van der Waals surface area contributed by atoms with E-state index in [1.807, 2.05) is 125 Å². The van der Waals surface area contributed by atoms with Crippen LogP contribution < -0.4 is 42.2 Å². The summed E-state index contributed by atoms with van der Waals surface area (Å²) in [5.41, 5.74) is -0.836. The Morgan fingerprint density at radius 2 is 0.533 bits per heavy atom. The van der Waals surface area contributed by atoms with Crippen LogP contribution in [0.1, 0.15) is 183 Å². The monoisotopic (exact) mass is 1580 g/mol. The molecule has 0 heterocycles. The fraction of sp³-hybridized carbons (Fsp3) is 0.319. The summed E-state index contributed by atoms with van der Waals surface area (Å²) in [6.07, 6.45) is 0. The van der Waals surface area contributed by atoms with Crippen molar-refractivity contribution in [2.24, 2.45) is 0 Å². The van der Waals surface area contributed by atoms with Gasteiger partial charge in [0.25, 0.3) is 15.3 Å². The van der Waals surface area contributed by atoms with Crippen LogP contribution in [0.4, 0.5) is 13.2 Å². The predicted octanol–water partition coefficient (Wildman–Crippen LogP) is 13.2. The Morgan fingerprint density at radius 1 is 0.333 bits per heavy atom. The van der Waals surface area contributed by atoms with Crippen molar-refractivity contribution in [3.05, 3.63) is 316 Å². The first kappa shape index (κ1) is 103. The molecule has 33 heteroatoms. The van der Waals surface area contributed by atoms with E-state index in [1.54, 1.807) is 50.2 Å². The van der Waals surface area contributed by atoms with Crippen LogP contribution in [0.25, 0.3) is 0 Å². The van der Waals surface area contributed by atoms with Crippen LogP contribution in [-0.2, 0) is 44.3 Å². The molecule has 0 aromatic heterocycles. The van der Waals surface area contributed by atoms with E-state index in [0.717, 1.165) is 51.1 Å². The normalized spacial score (nSPS) is 9.99. The van der Waals surface area contributed by atoms with E-state index >= 15 is 0 Å². The molecule has 0 radical (unpaired) electrons. The number of alkyl halides is 3. The predicted molar refractivity (Wildman–Crippen MR) is 383 cm³/mol. The second-order valence-electron chi connectivity index (χ2n) is 23.5. The fourth-order valence-corrected chi connectivity index (χ4v) is 7.54. The largest absolute Gasteiger partial charge is 0.534 e. The fourth-order valence-electron chi connectivity index (χ4n) is 7.08. The van der Waals surface area contributed by atoms with Crippen LogP contribution in [0.5, 0.6) is 34.5 Å². The third kappa shape index (κ3) is 46.6. The Hall–Kier alpha value is -10.6. The van der Waals surface area contributed by atoms with E-state index in [0.29, 0.717) is 41.1 Å². The molecule has 0 aliphatic heterocycles. The van der Waals surface area contributed by atoms with Gasteiger partial charge in [-0.25, -0.2) is 0 Å². The van der Waals surface area contributed by atoms with Gasteiger partial charge < -0.3 is 45.3 Å². The molecule has 0 saturated carbocycles. The Balaban J connectivity index is -0.000000361. The molecule has 7 rings (SSSR count). The summed E-state index contributed by atoms with van der Waals surface area (Å²) >= 11 is 0. The molecule has 7 aromatic rings. The standard InChI is InChI=1S/C11H11F3O4S.C11H14O.5C10H12O2.2Fe.3HNO3/c1-7(2)8-4-3-5-9(15)10(6-8)18-19(16,17)11(12,13)14;1-8(2)10-6-4-5-9(3)11(12)7-10;5*1-7(2)8-4-3-5-9(11)10(12)6-8;;;3*2-1(3)4/h3-7H,1-2H3;4-8H,1-3H3;5*3-7H,1-2H3,(H,11,12);;;3*(H,2,3,4). The average molecular weight is 1580 g/mol. The van der Waals surface area contributed by atoms with Crippen LogP contribution in [-0.4, -0.2) is 70.3 Å². The van der Waals surface area contributed by atoms with E-state index in [-0.39, 0.29) is 101 Å². The van der Waals surface area contributed by atoms with Crippen molar-refractivity contribution < 1.29 is 116 Å². The molecule has 7 aromatic carbocycles. The van der Waals surface area contributed by atoms with Crippen molar-refractivity contribution in [3.8, 4) is 34.5 Å². The summed E-state index contributed by atoms with van der Waals surface area (Å²) < 4.78 is 62.2. The second kappa shape index (κ2) is 52.4. The first-order valence-corrected chi connectivity index (χ1v) is 32.2. The zero-order valence-electron chi connectivity index (χ0n) is 59.9. The van der Waals surface area contributed by atoms with E-state index in [1.165, 1.54) is 72.8 Å². The van der Waals surface area contributed by atoms with Gasteiger partial charge in [0.05, 0.1) is 0 Å². The van der Waals surface area contributed by atoms with Gasteiger partial charge in [0.1, 0.15) is 0 Å². The zero-order chi connectivity index (χ0) is 80.4. The number of rotatable bonds is 9. The first-order chi connectivity index (χ1) is 47.4. The van der Waals surface area contributed by atoms with E-state index in [2.05, 4.69) is 18.0 Å². The van der Waals surface area contributed by atoms with Crippen LogP contribution in [0.15, 0.2) is 203 Å². The average Bonchev–Trinajstić information content (AvgIpc) is 1.39. The van der Waals surface area contributed by atoms with Gasteiger partial charge >= 0.3 is 15.6 Å². The molecule has 0 bridgehead atoms. The van der Waals surface area contributed by atoms with Gasteiger partial charge in [0, 0.05) is 34.1 Å². The molecule has 0 spiro atoms. The molecular formula is C72H88F3Fe2N3O24S. The Morgan fingerprint density at radius 3 is 0.771 bits per heavy atom. The second-order valence-corrected chi connectivity index (χ2v) is 25.0. The van der Waals surface area contributed by atoms with Gasteiger partial charge in [0.15, 0.2) is 39.9 Å². The smallest absolute Gasteiger partial charge is 0.504 e. The summed E-state index contributed by atoms with van der Waals surface area (Å²) in [4.78, 5) is 103. The number of hydrogen-bond donors (Lipinski definition) is 8. The maximum Gasteiger partial charge on any atom is 0.534 e. The molecule has 105 heavy (non-hydrogen) atoms. The molecule has 0 aliphatic carbocycles. The minimum Gasteiger partial charge on any atom is -0.504 e. The molecule has 0 fully saturated rings. The van der Waals surface area contributed by atoms with Crippen molar-refractivity contribution in [1.29, 1.82) is 0 Å². The summed E-state index contributed by atoms with van der Waals surface area (Å²) in [6.45, 7) is 29.6. The van der Waals surface area contributed by atoms with Crippen molar-refractivity contribution in [2.45, 2.75) is 151 Å². The van der Waals surface area contributed by atoms with Crippen molar-refractivity contribution in [1.82, 2.24) is 0 Å². The molecule has 27 nitrogen and oxygen atoms in total. The topological polar surface area (TPSA) is 454 Å². The van der Waals surface area contributed by atoms with Crippen molar-refractivity contribution in [2.75, 3.05) is 0 Å². The van der Waals surface area contributed by atoms with Gasteiger partial charge in [-0.3, -0.25) is 33.6 Å². The third-order valence-corrected chi connectivity index (χ3v) is 14.0. The molecule has 0 amide bonds. The van der Waals surface area contributed by atoms with E-state index in [4.69, 9.17) is 56.2 Å². The summed E-state index contributed by atoms with van der Waals surface area (Å²) in [5, 5.41) is 86.7. The van der Waals surface area contributed by atoms with Crippen LogP contribution in [0.2, 0.25) is 0 Å². The number of aryl methyl sites for hydroxylation is 1. The summed E-state index contributed by atoms with van der Waals surface area (Å²) in [6, 6.07) is 44.2. The number of nitrogens with zero attached hydrogens (tertiary/aromatic N) is 3. The maximum atomic E-state index is 12.2. The minimum atomic E-state index is -5.85. The molecule has 0 unspecified atom stereocenters. The van der Waals surface area contributed by atoms with Gasteiger partial charge in [-0.15, -0.1) is 30.3 Å².